The topological polar surface area (TPSA) is 70.5 Å². The van der Waals surface area contributed by atoms with Crippen molar-refractivity contribution in [1.29, 1.82) is 0 Å². The van der Waals surface area contributed by atoms with Crippen LogP contribution >= 0.6 is 0 Å². The Hall–Kier alpha value is -1.91. The summed E-state index contributed by atoms with van der Waals surface area (Å²) in [5.41, 5.74) is 1.46. The van der Waals surface area contributed by atoms with Gasteiger partial charge in [0.25, 0.3) is 5.91 Å². The molecule has 1 aliphatic rings. The van der Waals surface area contributed by atoms with Gasteiger partial charge in [-0.25, -0.2) is 0 Å². The second-order valence-electron chi connectivity index (χ2n) is 5.16. The summed E-state index contributed by atoms with van der Waals surface area (Å²) >= 11 is 0. The van der Waals surface area contributed by atoms with Gasteiger partial charge in [0, 0.05) is 29.4 Å². The average Bonchev–Trinajstić information content (AvgIpc) is 3.19. The number of carbonyl (C=O) groups excluding carboxylic acids is 1. The van der Waals surface area contributed by atoms with E-state index in [9.17, 15) is 9.59 Å². The zero-order valence-corrected chi connectivity index (χ0v) is 11.2. The molecule has 0 spiro atoms. The zero-order chi connectivity index (χ0) is 14.0. The highest BCUT2D eigenvalue weighted by Gasteiger charge is 2.27. The second-order valence-corrected chi connectivity index (χ2v) is 5.16. The van der Waals surface area contributed by atoms with E-state index in [1.165, 1.54) is 4.90 Å². The average molecular weight is 262 g/mol. The van der Waals surface area contributed by atoms with Crippen LogP contribution < -0.4 is 0 Å². The van der Waals surface area contributed by atoms with Crippen LogP contribution in [0.5, 0.6) is 0 Å². The lowest BCUT2D eigenvalue weighted by molar-refractivity contribution is -0.138. The van der Waals surface area contributed by atoms with Crippen molar-refractivity contribution < 1.29 is 14.7 Å². The molecule has 102 valence electrons. The van der Waals surface area contributed by atoms with Gasteiger partial charge in [-0.3, -0.25) is 14.6 Å². The predicted octanol–water partition coefficient (Wildman–Crippen LogP) is 1.89. The molecular formula is C14H18N2O3. The SMILES string of the molecule is CC(C)N(CC(=O)O)C(=O)c1ccnc(C2CC2)c1. The van der Waals surface area contributed by atoms with Crippen molar-refractivity contribution in [3.63, 3.8) is 0 Å². The number of nitrogens with zero attached hydrogens (tertiary/aromatic N) is 2. The predicted molar refractivity (Wildman–Crippen MR) is 70.0 cm³/mol. The van der Waals surface area contributed by atoms with Crippen molar-refractivity contribution in [2.45, 2.75) is 38.6 Å². The van der Waals surface area contributed by atoms with Crippen LogP contribution in [0.15, 0.2) is 18.3 Å². The molecule has 1 saturated carbocycles. The van der Waals surface area contributed by atoms with Crippen LogP contribution in [0.1, 0.15) is 48.7 Å². The standard InChI is InChI=1S/C14H18N2O3/c1-9(2)16(8-13(17)18)14(19)11-5-6-15-12(7-11)10-3-4-10/h5-7,9-10H,3-4,8H2,1-2H3,(H,17,18). The van der Waals surface area contributed by atoms with Gasteiger partial charge >= 0.3 is 5.97 Å². The van der Waals surface area contributed by atoms with Crippen molar-refractivity contribution in [3.8, 4) is 0 Å². The molecule has 0 unspecified atom stereocenters. The molecular weight excluding hydrogens is 244 g/mol. The minimum absolute atomic E-state index is 0.152. The lowest BCUT2D eigenvalue weighted by atomic mass is 10.1. The number of hydrogen-bond donors (Lipinski definition) is 1. The maximum Gasteiger partial charge on any atom is 0.323 e. The third-order valence-electron chi connectivity index (χ3n) is 3.21. The van der Waals surface area contributed by atoms with Gasteiger partial charge in [-0.1, -0.05) is 0 Å². The number of carboxylic acid groups (broad SMARTS) is 1. The molecule has 1 fully saturated rings. The number of pyridine rings is 1. The summed E-state index contributed by atoms with van der Waals surface area (Å²) in [7, 11) is 0. The molecule has 1 aliphatic carbocycles. The molecule has 5 heteroatoms. The van der Waals surface area contributed by atoms with Gasteiger partial charge in [0.1, 0.15) is 6.54 Å². The van der Waals surface area contributed by atoms with Crippen LogP contribution in [0, 0.1) is 0 Å². The highest BCUT2D eigenvalue weighted by atomic mass is 16.4. The number of hydrogen-bond acceptors (Lipinski definition) is 3. The largest absolute Gasteiger partial charge is 0.480 e. The molecule has 0 aliphatic heterocycles. The van der Waals surface area contributed by atoms with Crippen molar-refractivity contribution in [2.75, 3.05) is 6.54 Å². The van der Waals surface area contributed by atoms with Crippen LogP contribution in [0.4, 0.5) is 0 Å². The van der Waals surface area contributed by atoms with Crippen molar-refractivity contribution >= 4 is 11.9 Å². The van der Waals surface area contributed by atoms with Gasteiger partial charge in [0.05, 0.1) is 0 Å². The fraction of sp³-hybridized carbons (Fsp3) is 0.500. The van der Waals surface area contributed by atoms with Crippen LogP contribution in [0.25, 0.3) is 0 Å². The van der Waals surface area contributed by atoms with E-state index in [0.29, 0.717) is 11.5 Å². The molecule has 5 nitrogen and oxygen atoms in total. The highest BCUT2D eigenvalue weighted by molar-refractivity contribution is 5.96. The molecule has 1 aromatic rings. The summed E-state index contributed by atoms with van der Waals surface area (Å²) in [6.07, 6.45) is 3.86. The van der Waals surface area contributed by atoms with Crippen LogP contribution in [-0.2, 0) is 4.79 Å². The number of rotatable bonds is 5. The Kier molecular flexibility index (Phi) is 3.83. The zero-order valence-electron chi connectivity index (χ0n) is 11.2. The molecule has 1 heterocycles. The molecule has 0 atom stereocenters. The van der Waals surface area contributed by atoms with E-state index in [2.05, 4.69) is 4.98 Å². The Morgan fingerprint density at radius 2 is 2.16 bits per heavy atom. The van der Waals surface area contributed by atoms with E-state index in [4.69, 9.17) is 5.11 Å². The van der Waals surface area contributed by atoms with Crippen LogP contribution in [0.2, 0.25) is 0 Å². The molecule has 0 radical (unpaired) electrons. The molecule has 19 heavy (non-hydrogen) atoms. The normalized spacial score (nSPS) is 14.5. The van der Waals surface area contributed by atoms with Gasteiger partial charge in [0.15, 0.2) is 0 Å². The first-order chi connectivity index (χ1) is 8.99. The molecule has 1 aromatic heterocycles. The molecule has 0 saturated heterocycles. The molecule has 2 rings (SSSR count). The van der Waals surface area contributed by atoms with Crippen molar-refractivity contribution in [2.24, 2.45) is 0 Å². The first-order valence-electron chi connectivity index (χ1n) is 6.47. The van der Waals surface area contributed by atoms with Gasteiger partial charge in [-0.2, -0.15) is 0 Å². The lowest BCUT2D eigenvalue weighted by Crippen LogP contribution is -2.40. The lowest BCUT2D eigenvalue weighted by Gasteiger charge is -2.25. The molecule has 1 N–H and O–H groups in total. The van der Waals surface area contributed by atoms with E-state index < -0.39 is 5.97 Å². The minimum Gasteiger partial charge on any atom is -0.480 e. The summed E-state index contributed by atoms with van der Waals surface area (Å²) in [6.45, 7) is 3.34. The fourth-order valence-electron chi connectivity index (χ4n) is 1.98. The smallest absolute Gasteiger partial charge is 0.323 e. The minimum atomic E-state index is -1.00. The first kappa shape index (κ1) is 13.5. The fourth-order valence-corrected chi connectivity index (χ4v) is 1.98. The van der Waals surface area contributed by atoms with E-state index >= 15 is 0 Å². The van der Waals surface area contributed by atoms with E-state index in [1.807, 2.05) is 13.8 Å². The summed E-state index contributed by atoms with van der Waals surface area (Å²) in [6, 6.07) is 3.28. The number of aromatic nitrogens is 1. The maximum atomic E-state index is 12.4. The summed E-state index contributed by atoms with van der Waals surface area (Å²) in [5.74, 6) is -0.778. The Labute approximate surface area is 112 Å². The number of carbonyl (C=O) groups is 2. The van der Waals surface area contributed by atoms with E-state index in [0.717, 1.165) is 18.5 Å². The molecule has 0 bridgehead atoms. The van der Waals surface area contributed by atoms with E-state index in [-0.39, 0.29) is 18.5 Å². The Balaban J connectivity index is 2.20. The van der Waals surface area contributed by atoms with E-state index in [1.54, 1.807) is 18.3 Å². The van der Waals surface area contributed by atoms with Gasteiger partial charge < -0.3 is 10.0 Å². The Morgan fingerprint density at radius 1 is 1.47 bits per heavy atom. The second kappa shape index (κ2) is 5.38. The summed E-state index contributed by atoms with van der Waals surface area (Å²) < 4.78 is 0. The summed E-state index contributed by atoms with van der Waals surface area (Å²) in [4.78, 5) is 28.8. The third kappa shape index (κ3) is 3.30. The van der Waals surface area contributed by atoms with Crippen LogP contribution in [0.3, 0.4) is 0 Å². The summed E-state index contributed by atoms with van der Waals surface area (Å²) in [5, 5.41) is 8.88. The molecule has 1 amide bonds. The number of amides is 1. The van der Waals surface area contributed by atoms with Crippen LogP contribution in [-0.4, -0.2) is 39.5 Å². The maximum absolute atomic E-state index is 12.4. The Morgan fingerprint density at radius 3 is 2.68 bits per heavy atom. The highest BCUT2D eigenvalue weighted by Crippen LogP contribution is 2.39. The van der Waals surface area contributed by atoms with Gasteiger partial charge in [-0.05, 0) is 38.8 Å². The monoisotopic (exact) mass is 262 g/mol. The molecule has 0 aromatic carbocycles. The number of carboxylic acids is 1. The van der Waals surface area contributed by atoms with Gasteiger partial charge in [0.2, 0.25) is 0 Å². The van der Waals surface area contributed by atoms with Crippen molar-refractivity contribution in [3.05, 3.63) is 29.6 Å². The quantitative estimate of drug-likeness (QED) is 0.879. The van der Waals surface area contributed by atoms with Gasteiger partial charge in [-0.15, -0.1) is 0 Å². The Bertz CT molecular complexity index is 495. The third-order valence-corrected chi connectivity index (χ3v) is 3.21. The first-order valence-corrected chi connectivity index (χ1v) is 6.47. The number of aliphatic carboxylic acids is 1. The van der Waals surface area contributed by atoms with Crippen molar-refractivity contribution in [1.82, 2.24) is 9.88 Å².